The maximum atomic E-state index is 5.94. The molecule has 7 heteroatoms. The van der Waals surface area contributed by atoms with Crippen LogP contribution in [0.5, 0.6) is 0 Å². The molecular weight excluding hydrogens is 443 g/mol. The van der Waals surface area contributed by atoms with E-state index < -0.39 is 0 Å². The second-order valence-corrected chi connectivity index (χ2v) is 6.21. The number of likely N-dealkylation sites (tertiary alicyclic amines) is 1. The molecule has 1 fully saturated rings. The maximum absolute atomic E-state index is 5.94. The summed E-state index contributed by atoms with van der Waals surface area (Å²) in [7, 11) is 1.73. The number of halogens is 1. The molecule has 6 nitrogen and oxygen atoms in total. The Labute approximate surface area is 174 Å². The van der Waals surface area contributed by atoms with Crippen LogP contribution >= 0.6 is 24.0 Å². The first kappa shape index (κ1) is 23.1. The van der Waals surface area contributed by atoms with Crippen molar-refractivity contribution in [1.82, 2.24) is 15.2 Å². The molecule has 0 spiro atoms. The molecule has 0 aromatic carbocycles. The maximum Gasteiger partial charge on any atom is 0.193 e. The van der Waals surface area contributed by atoms with Crippen LogP contribution < -0.4 is 5.32 Å². The van der Waals surface area contributed by atoms with Gasteiger partial charge in [-0.1, -0.05) is 6.07 Å². The van der Waals surface area contributed by atoms with Gasteiger partial charge in [-0.3, -0.25) is 9.98 Å². The van der Waals surface area contributed by atoms with Crippen molar-refractivity contribution in [2.75, 3.05) is 46.5 Å². The minimum Gasteiger partial charge on any atom is -0.385 e. The smallest absolute Gasteiger partial charge is 0.193 e. The Bertz CT molecular complexity index is 494. The first-order chi connectivity index (χ1) is 12.3. The van der Waals surface area contributed by atoms with Crippen molar-refractivity contribution < 1.29 is 9.47 Å². The van der Waals surface area contributed by atoms with Gasteiger partial charge >= 0.3 is 0 Å². The van der Waals surface area contributed by atoms with Crippen LogP contribution in [-0.2, 0) is 15.9 Å². The van der Waals surface area contributed by atoms with Gasteiger partial charge < -0.3 is 19.7 Å². The van der Waals surface area contributed by atoms with Crippen molar-refractivity contribution in [3.05, 3.63) is 30.1 Å². The zero-order valence-corrected chi connectivity index (χ0v) is 18.4. The Morgan fingerprint density at radius 2 is 2.12 bits per heavy atom. The van der Waals surface area contributed by atoms with Gasteiger partial charge in [-0.2, -0.15) is 0 Å². The van der Waals surface area contributed by atoms with Crippen LogP contribution in [0.1, 0.15) is 31.9 Å². The predicted octanol–water partition coefficient (Wildman–Crippen LogP) is 2.73. The molecule has 1 aliphatic heterocycles. The number of aliphatic imine (C=N–C) groups is 1. The summed E-state index contributed by atoms with van der Waals surface area (Å²) in [6.45, 7) is 7.29. The van der Waals surface area contributed by atoms with Crippen LogP contribution in [0.4, 0.5) is 0 Å². The van der Waals surface area contributed by atoms with E-state index in [-0.39, 0.29) is 24.0 Å². The molecule has 1 aromatic rings. The van der Waals surface area contributed by atoms with Crippen molar-refractivity contribution in [2.45, 2.75) is 38.7 Å². The van der Waals surface area contributed by atoms with Gasteiger partial charge in [0.1, 0.15) is 0 Å². The van der Waals surface area contributed by atoms with Crippen LogP contribution in [0, 0.1) is 0 Å². The van der Waals surface area contributed by atoms with Crippen molar-refractivity contribution in [1.29, 1.82) is 0 Å². The molecule has 0 amide bonds. The van der Waals surface area contributed by atoms with Crippen molar-refractivity contribution in [3.63, 3.8) is 0 Å². The molecule has 1 aromatic heterocycles. The monoisotopic (exact) mass is 476 g/mol. The molecule has 0 saturated carbocycles. The molecule has 0 bridgehead atoms. The fraction of sp³-hybridized carbons (Fsp3) is 0.684. The van der Waals surface area contributed by atoms with Crippen molar-refractivity contribution in [2.24, 2.45) is 4.99 Å². The minimum atomic E-state index is 0. The molecule has 26 heavy (non-hydrogen) atoms. The Hall–Kier alpha value is -0.930. The number of hydrogen-bond donors (Lipinski definition) is 1. The van der Waals surface area contributed by atoms with E-state index in [1.54, 1.807) is 7.11 Å². The molecule has 1 saturated heterocycles. The standard InChI is InChI=1S/C19H32N4O2.HI/c1-3-20-19(22-12-8-17-7-4-5-11-21-17)23-13-9-18(10-14-23)25-16-6-15-24-2;/h4-5,7,11,18H,3,6,8-10,12-16H2,1-2H3,(H,20,22);1H. The van der Waals surface area contributed by atoms with Gasteiger partial charge in [0.2, 0.25) is 0 Å². The number of rotatable bonds is 9. The Morgan fingerprint density at radius 3 is 2.77 bits per heavy atom. The molecular formula is C19H33IN4O2. The summed E-state index contributed by atoms with van der Waals surface area (Å²) < 4.78 is 11.0. The van der Waals surface area contributed by atoms with Crippen LogP contribution in [0.3, 0.4) is 0 Å². The molecule has 0 unspecified atom stereocenters. The Balaban J connectivity index is 0.00000338. The number of pyridine rings is 1. The highest BCUT2D eigenvalue weighted by Crippen LogP contribution is 2.14. The number of methoxy groups -OCH3 is 1. The molecule has 1 N–H and O–H groups in total. The van der Waals surface area contributed by atoms with Gasteiger partial charge in [0.25, 0.3) is 0 Å². The van der Waals surface area contributed by atoms with E-state index in [2.05, 4.69) is 28.2 Å². The first-order valence-corrected chi connectivity index (χ1v) is 9.37. The lowest BCUT2D eigenvalue weighted by atomic mass is 10.1. The third-order valence-electron chi connectivity index (χ3n) is 4.28. The third kappa shape index (κ3) is 8.64. The van der Waals surface area contributed by atoms with Gasteiger partial charge in [0.15, 0.2) is 5.96 Å². The first-order valence-electron chi connectivity index (χ1n) is 9.37. The quantitative estimate of drug-likeness (QED) is 0.257. The van der Waals surface area contributed by atoms with E-state index in [0.29, 0.717) is 6.10 Å². The van der Waals surface area contributed by atoms with Gasteiger partial charge in [-0.15, -0.1) is 24.0 Å². The Kier molecular flexibility index (Phi) is 12.6. The zero-order chi connectivity index (χ0) is 17.7. The van der Waals surface area contributed by atoms with Crippen LogP contribution in [0.2, 0.25) is 0 Å². The Morgan fingerprint density at radius 1 is 1.31 bits per heavy atom. The fourth-order valence-corrected chi connectivity index (χ4v) is 2.94. The average molecular weight is 476 g/mol. The summed E-state index contributed by atoms with van der Waals surface area (Å²) >= 11 is 0. The summed E-state index contributed by atoms with van der Waals surface area (Å²) in [5, 5.41) is 3.41. The highest BCUT2D eigenvalue weighted by Gasteiger charge is 2.21. The van der Waals surface area contributed by atoms with E-state index >= 15 is 0 Å². The number of guanidine groups is 1. The molecule has 2 rings (SSSR count). The van der Waals surface area contributed by atoms with Gasteiger partial charge in [0.05, 0.1) is 6.10 Å². The van der Waals surface area contributed by atoms with E-state index in [1.807, 2.05) is 18.3 Å². The van der Waals surface area contributed by atoms with Crippen LogP contribution in [0.15, 0.2) is 29.4 Å². The molecule has 2 heterocycles. The molecule has 1 aliphatic rings. The second kappa shape index (κ2) is 14.2. The van der Waals surface area contributed by atoms with Crippen LogP contribution in [0.25, 0.3) is 0 Å². The third-order valence-corrected chi connectivity index (χ3v) is 4.28. The lowest BCUT2D eigenvalue weighted by Gasteiger charge is -2.34. The summed E-state index contributed by atoms with van der Waals surface area (Å²) in [4.78, 5) is 11.5. The predicted molar refractivity (Wildman–Crippen MR) is 116 cm³/mol. The second-order valence-electron chi connectivity index (χ2n) is 6.21. The van der Waals surface area contributed by atoms with E-state index in [4.69, 9.17) is 14.5 Å². The lowest BCUT2D eigenvalue weighted by Crippen LogP contribution is -2.47. The SMILES string of the molecule is CCNC(=NCCc1ccccn1)N1CCC(OCCCOC)CC1.I. The topological polar surface area (TPSA) is 59.0 Å². The molecule has 0 atom stereocenters. The van der Waals surface area contributed by atoms with Crippen molar-refractivity contribution >= 4 is 29.9 Å². The zero-order valence-electron chi connectivity index (χ0n) is 16.0. The fourth-order valence-electron chi connectivity index (χ4n) is 2.94. The van der Waals surface area contributed by atoms with Crippen molar-refractivity contribution in [3.8, 4) is 0 Å². The summed E-state index contributed by atoms with van der Waals surface area (Å²) in [5.74, 6) is 1.01. The number of nitrogens with zero attached hydrogens (tertiary/aromatic N) is 3. The number of piperidine rings is 1. The highest BCUT2D eigenvalue weighted by molar-refractivity contribution is 14.0. The van der Waals surface area contributed by atoms with E-state index in [0.717, 1.165) is 76.7 Å². The normalized spacial score (nSPS) is 15.6. The number of ether oxygens (including phenoxy) is 2. The summed E-state index contributed by atoms with van der Waals surface area (Å²) in [6.07, 6.45) is 6.14. The van der Waals surface area contributed by atoms with Gasteiger partial charge in [-0.25, -0.2) is 0 Å². The summed E-state index contributed by atoms with van der Waals surface area (Å²) in [6, 6.07) is 6.02. The van der Waals surface area contributed by atoms with Gasteiger partial charge in [0, 0.05) is 64.8 Å². The highest BCUT2D eigenvalue weighted by atomic mass is 127. The molecule has 148 valence electrons. The molecule has 0 aliphatic carbocycles. The summed E-state index contributed by atoms with van der Waals surface area (Å²) in [5.41, 5.74) is 1.09. The number of aromatic nitrogens is 1. The van der Waals surface area contributed by atoms with Crippen LogP contribution in [-0.4, -0.2) is 68.4 Å². The average Bonchev–Trinajstić information content (AvgIpc) is 2.66. The van der Waals surface area contributed by atoms with E-state index in [1.165, 1.54) is 0 Å². The number of hydrogen-bond acceptors (Lipinski definition) is 4. The largest absolute Gasteiger partial charge is 0.385 e. The molecule has 0 radical (unpaired) electrons. The van der Waals surface area contributed by atoms with Gasteiger partial charge in [-0.05, 0) is 38.3 Å². The number of nitrogens with one attached hydrogen (secondary N) is 1. The minimum absolute atomic E-state index is 0. The van der Waals surface area contributed by atoms with E-state index in [9.17, 15) is 0 Å². The lowest BCUT2D eigenvalue weighted by molar-refractivity contribution is 0.00991.